The lowest BCUT2D eigenvalue weighted by Gasteiger charge is -2.34. The Morgan fingerprint density at radius 3 is 2.45 bits per heavy atom. The number of carbonyl (C=O) groups excluding carboxylic acids is 2. The summed E-state index contributed by atoms with van der Waals surface area (Å²) in [7, 11) is 1.61. The van der Waals surface area contributed by atoms with Crippen LogP contribution < -0.4 is 0 Å². The summed E-state index contributed by atoms with van der Waals surface area (Å²) < 4.78 is 10.9. The lowest BCUT2D eigenvalue weighted by atomic mass is 9.83. The number of rotatable bonds is 7. The first kappa shape index (κ1) is 21.6. The first-order valence-electron chi connectivity index (χ1n) is 10.7. The number of hydrogen-bond acceptors (Lipinski definition) is 4. The van der Waals surface area contributed by atoms with Crippen LogP contribution >= 0.6 is 0 Å². The SMILES string of the molecule is COCCN1C(=O)CC(c2ccc(C)cc2)C(C(=O)OCC2CCCCC2)=C1C. The summed E-state index contributed by atoms with van der Waals surface area (Å²) in [5, 5.41) is 0. The van der Waals surface area contributed by atoms with Crippen LogP contribution in [0.25, 0.3) is 0 Å². The van der Waals surface area contributed by atoms with Crippen LogP contribution in [0.1, 0.15) is 62.5 Å². The van der Waals surface area contributed by atoms with Crippen LogP contribution in [0.2, 0.25) is 0 Å². The Morgan fingerprint density at radius 2 is 1.79 bits per heavy atom. The van der Waals surface area contributed by atoms with Crippen molar-refractivity contribution < 1.29 is 19.1 Å². The molecule has 5 heteroatoms. The molecule has 0 radical (unpaired) electrons. The lowest BCUT2D eigenvalue weighted by Crippen LogP contribution is -2.40. The van der Waals surface area contributed by atoms with Gasteiger partial charge in [0.05, 0.1) is 18.8 Å². The Bertz CT molecular complexity index is 747. The fraction of sp³-hybridized carbons (Fsp3) is 0.583. The normalized spacial score (nSPS) is 20.9. The maximum Gasteiger partial charge on any atom is 0.336 e. The summed E-state index contributed by atoms with van der Waals surface area (Å²) in [6, 6.07) is 8.08. The Labute approximate surface area is 174 Å². The van der Waals surface area contributed by atoms with Crippen molar-refractivity contribution in [3.63, 3.8) is 0 Å². The summed E-state index contributed by atoms with van der Waals surface area (Å²) >= 11 is 0. The van der Waals surface area contributed by atoms with Crippen LogP contribution in [0.15, 0.2) is 35.5 Å². The summed E-state index contributed by atoms with van der Waals surface area (Å²) in [6.45, 7) is 5.24. The van der Waals surface area contributed by atoms with E-state index in [9.17, 15) is 9.59 Å². The van der Waals surface area contributed by atoms with Crippen LogP contribution in [-0.2, 0) is 19.1 Å². The molecule has 158 valence electrons. The van der Waals surface area contributed by atoms with Crippen molar-refractivity contribution in [3.8, 4) is 0 Å². The van der Waals surface area contributed by atoms with Gasteiger partial charge in [0.2, 0.25) is 5.91 Å². The molecule has 1 unspecified atom stereocenters. The van der Waals surface area contributed by atoms with Gasteiger partial charge in [0.15, 0.2) is 0 Å². The number of ether oxygens (including phenoxy) is 2. The minimum atomic E-state index is -0.284. The third-order valence-electron chi connectivity index (χ3n) is 6.22. The van der Waals surface area contributed by atoms with E-state index in [0.29, 0.717) is 36.9 Å². The minimum absolute atomic E-state index is 0.0222. The Hall–Kier alpha value is -2.14. The second kappa shape index (κ2) is 10.1. The summed E-state index contributed by atoms with van der Waals surface area (Å²) in [5.74, 6) is -0.0653. The van der Waals surface area contributed by atoms with Crippen LogP contribution in [0, 0.1) is 12.8 Å². The van der Waals surface area contributed by atoms with Gasteiger partial charge in [-0.05, 0) is 38.2 Å². The zero-order chi connectivity index (χ0) is 20.8. The van der Waals surface area contributed by atoms with Crippen molar-refractivity contribution in [1.82, 2.24) is 4.90 Å². The van der Waals surface area contributed by atoms with Gasteiger partial charge in [-0.1, -0.05) is 49.1 Å². The predicted molar refractivity (Wildman–Crippen MR) is 112 cm³/mol. The average Bonchev–Trinajstić information content (AvgIpc) is 2.73. The van der Waals surface area contributed by atoms with E-state index in [-0.39, 0.29) is 24.2 Å². The van der Waals surface area contributed by atoms with Crippen LogP contribution in [0.3, 0.4) is 0 Å². The minimum Gasteiger partial charge on any atom is -0.462 e. The Kier molecular flexibility index (Phi) is 7.48. The molecule has 1 saturated carbocycles. The van der Waals surface area contributed by atoms with Crippen LogP contribution in [0.5, 0.6) is 0 Å². The Morgan fingerprint density at radius 1 is 1.10 bits per heavy atom. The van der Waals surface area contributed by atoms with E-state index >= 15 is 0 Å². The molecule has 1 heterocycles. The molecule has 0 bridgehead atoms. The molecule has 1 fully saturated rings. The van der Waals surface area contributed by atoms with Crippen LogP contribution in [-0.4, -0.2) is 43.6 Å². The number of methoxy groups -OCH3 is 1. The third-order valence-corrected chi connectivity index (χ3v) is 6.22. The van der Waals surface area contributed by atoms with Gasteiger partial charge >= 0.3 is 5.97 Å². The second-order valence-electron chi connectivity index (χ2n) is 8.31. The summed E-state index contributed by atoms with van der Waals surface area (Å²) in [6.07, 6.45) is 6.25. The number of allylic oxidation sites excluding steroid dienone is 1. The molecule has 2 aliphatic rings. The summed E-state index contributed by atoms with van der Waals surface area (Å²) in [5.41, 5.74) is 3.44. The number of amides is 1. The van der Waals surface area contributed by atoms with Gasteiger partial charge in [-0.2, -0.15) is 0 Å². The monoisotopic (exact) mass is 399 g/mol. The van der Waals surface area contributed by atoms with Gasteiger partial charge in [0.1, 0.15) is 0 Å². The fourth-order valence-corrected chi connectivity index (χ4v) is 4.44. The highest BCUT2D eigenvalue weighted by atomic mass is 16.5. The van der Waals surface area contributed by atoms with E-state index in [4.69, 9.17) is 9.47 Å². The highest BCUT2D eigenvalue weighted by Gasteiger charge is 2.37. The van der Waals surface area contributed by atoms with E-state index in [1.807, 2.05) is 38.1 Å². The van der Waals surface area contributed by atoms with E-state index in [2.05, 4.69) is 0 Å². The van der Waals surface area contributed by atoms with Gasteiger partial charge in [-0.15, -0.1) is 0 Å². The smallest absolute Gasteiger partial charge is 0.336 e. The van der Waals surface area contributed by atoms with Crippen molar-refractivity contribution in [2.24, 2.45) is 5.92 Å². The second-order valence-corrected chi connectivity index (χ2v) is 8.31. The zero-order valence-corrected chi connectivity index (χ0v) is 17.9. The van der Waals surface area contributed by atoms with Gasteiger partial charge in [-0.25, -0.2) is 4.79 Å². The molecular weight excluding hydrogens is 366 g/mol. The fourth-order valence-electron chi connectivity index (χ4n) is 4.44. The molecule has 0 aromatic heterocycles. The quantitative estimate of drug-likeness (QED) is 0.640. The number of benzene rings is 1. The number of nitrogens with zero attached hydrogens (tertiary/aromatic N) is 1. The molecule has 1 aliphatic heterocycles. The number of esters is 1. The maximum atomic E-state index is 13.2. The molecule has 29 heavy (non-hydrogen) atoms. The highest BCUT2D eigenvalue weighted by Crippen LogP contribution is 2.37. The Balaban J connectivity index is 1.85. The molecular formula is C24H33NO4. The molecule has 0 N–H and O–H groups in total. The van der Waals surface area contributed by atoms with Crippen molar-refractivity contribution >= 4 is 11.9 Å². The van der Waals surface area contributed by atoms with Crippen molar-refractivity contribution in [3.05, 3.63) is 46.7 Å². The molecule has 0 saturated heterocycles. The molecule has 0 spiro atoms. The van der Waals surface area contributed by atoms with Crippen molar-refractivity contribution in [2.45, 2.75) is 58.3 Å². The molecule has 1 amide bonds. The first-order chi connectivity index (χ1) is 14.0. The van der Waals surface area contributed by atoms with Crippen molar-refractivity contribution in [2.75, 3.05) is 26.9 Å². The van der Waals surface area contributed by atoms with Crippen LogP contribution in [0.4, 0.5) is 0 Å². The van der Waals surface area contributed by atoms with E-state index in [0.717, 1.165) is 24.0 Å². The molecule has 1 aromatic rings. The van der Waals surface area contributed by atoms with E-state index in [1.165, 1.54) is 19.3 Å². The molecule has 5 nitrogen and oxygen atoms in total. The van der Waals surface area contributed by atoms with Gasteiger partial charge < -0.3 is 14.4 Å². The first-order valence-corrected chi connectivity index (χ1v) is 10.7. The molecule has 1 aromatic carbocycles. The summed E-state index contributed by atoms with van der Waals surface area (Å²) in [4.78, 5) is 27.7. The third kappa shape index (κ3) is 5.27. The average molecular weight is 400 g/mol. The largest absolute Gasteiger partial charge is 0.462 e. The van der Waals surface area contributed by atoms with E-state index in [1.54, 1.807) is 12.0 Å². The molecule has 1 atom stereocenters. The maximum absolute atomic E-state index is 13.2. The molecule has 3 rings (SSSR count). The van der Waals surface area contributed by atoms with Crippen molar-refractivity contribution in [1.29, 1.82) is 0 Å². The number of carbonyl (C=O) groups is 2. The van der Waals surface area contributed by atoms with Gasteiger partial charge in [0.25, 0.3) is 0 Å². The standard InChI is InChI=1S/C24H33NO4/c1-17-9-11-20(12-10-17)21-15-22(26)25(13-14-28-3)18(2)23(21)24(27)29-16-19-7-5-4-6-8-19/h9-12,19,21H,4-8,13-16H2,1-3H3. The number of hydrogen-bond donors (Lipinski definition) is 0. The lowest BCUT2D eigenvalue weighted by molar-refractivity contribution is -0.142. The van der Waals surface area contributed by atoms with E-state index < -0.39 is 0 Å². The van der Waals surface area contributed by atoms with Gasteiger partial charge in [0, 0.05) is 31.7 Å². The highest BCUT2D eigenvalue weighted by molar-refractivity contribution is 5.95. The molecule has 1 aliphatic carbocycles. The topological polar surface area (TPSA) is 55.8 Å². The predicted octanol–water partition coefficient (Wildman–Crippen LogP) is 4.35. The zero-order valence-electron chi connectivity index (χ0n) is 17.9. The van der Waals surface area contributed by atoms with Gasteiger partial charge in [-0.3, -0.25) is 4.79 Å². The number of aryl methyl sites for hydroxylation is 1.